The second-order valence-corrected chi connectivity index (χ2v) is 7.83. The third kappa shape index (κ3) is 4.87. The zero-order chi connectivity index (χ0) is 15.1. The normalized spacial score (nSPS) is 15.3. The van der Waals surface area contributed by atoms with Crippen LogP contribution in [0, 0.1) is 11.3 Å². The van der Waals surface area contributed by atoms with E-state index < -0.39 is 0 Å². The summed E-state index contributed by atoms with van der Waals surface area (Å²) in [6.07, 6.45) is 4.06. The molecule has 1 aromatic rings. The monoisotopic (exact) mass is 303 g/mol. The Balaban J connectivity index is 1.81. The molecule has 112 valence electrons. The van der Waals surface area contributed by atoms with Crippen LogP contribution >= 0.6 is 0 Å². The molecule has 4 heteroatoms. The number of Topliss-reactive ketones (excluding diaryl/α,β-unsaturated/α-hetero) is 1. The van der Waals surface area contributed by atoms with Crippen LogP contribution in [0.25, 0.3) is 0 Å². The predicted molar refractivity (Wildman–Crippen MR) is 87.7 cm³/mol. The number of hydrogen-bond donors (Lipinski definition) is 0. The van der Waals surface area contributed by atoms with E-state index in [1.807, 2.05) is 24.1 Å². The molecule has 2 rings (SSSR count). The largest absolute Gasteiger partial charge is 0.294 e. The van der Waals surface area contributed by atoms with E-state index in [2.05, 4.69) is 18.2 Å². The van der Waals surface area contributed by atoms with Crippen molar-refractivity contribution in [2.45, 2.75) is 30.6 Å². The van der Waals surface area contributed by atoms with Gasteiger partial charge in [0.25, 0.3) is 0 Å². The molecule has 0 spiro atoms. The van der Waals surface area contributed by atoms with Crippen molar-refractivity contribution in [1.29, 1.82) is 5.26 Å². The van der Waals surface area contributed by atoms with Crippen LogP contribution in [-0.4, -0.2) is 42.3 Å². The van der Waals surface area contributed by atoms with E-state index in [-0.39, 0.29) is 5.78 Å². The molecular weight excluding hydrogens is 280 g/mol. The standard InChI is InChI=1S/C17H23N2OS/c1-19(12-10-18)11-4-5-17(20)15-6-8-16(9-7-15)21-13-2-3-14-21/h6-9H,2-5,11-14H2,1H3/q+1. The minimum absolute atomic E-state index is 0.210. The molecule has 1 aliphatic rings. The molecule has 1 aliphatic heterocycles. The lowest BCUT2D eigenvalue weighted by molar-refractivity contribution is 0.0977. The molecule has 0 unspecified atom stereocenters. The van der Waals surface area contributed by atoms with Crippen molar-refractivity contribution >= 4 is 16.7 Å². The molecular formula is C17H23N2OS+. The lowest BCUT2D eigenvalue weighted by atomic mass is 10.1. The van der Waals surface area contributed by atoms with E-state index in [1.54, 1.807) is 0 Å². The lowest BCUT2D eigenvalue weighted by Crippen LogP contribution is -2.20. The zero-order valence-electron chi connectivity index (χ0n) is 12.7. The van der Waals surface area contributed by atoms with Crippen molar-refractivity contribution in [3.8, 4) is 6.07 Å². The van der Waals surface area contributed by atoms with Crippen molar-refractivity contribution in [3.63, 3.8) is 0 Å². The number of rotatable bonds is 7. The molecule has 0 radical (unpaired) electrons. The SMILES string of the molecule is CN(CC#N)CCCC(=O)c1ccc([S+]2CCCC2)cc1. The van der Waals surface area contributed by atoms with Crippen LogP contribution < -0.4 is 0 Å². The minimum Gasteiger partial charge on any atom is -0.294 e. The van der Waals surface area contributed by atoms with Crippen LogP contribution in [0.3, 0.4) is 0 Å². The second kappa shape index (κ2) is 8.21. The number of nitriles is 1. The van der Waals surface area contributed by atoms with E-state index in [0.717, 1.165) is 18.5 Å². The van der Waals surface area contributed by atoms with Crippen LogP contribution in [0.15, 0.2) is 29.2 Å². The Bertz CT molecular complexity index is 501. The van der Waals surface area contributed by atoms with Gasteiger partial charge in [0.2, 0.25) is 0 Å². The lowest BCUT2D eigenvalue weighted by Gasteiger charge is -2.11. The van der Waals surface area contributed by atoms with E-state index in [4.69, 9.17) is 5.26 Å². The van der Waals surface area contributed by atoms with Crippen molar-refractivity contribution in [2.24, 2.45) is 0 Å². The molecule has 0 aromatic heterocycles. The number of nitrogens with zero attached hydrogens (tertiary/aromatic N) is 2. The van der Waals surface area contributed by atoms with Gasteiger partial charge in [-0.25, -0.2) is 0 Å². The van der Waals surface area contributed by atoms with Gasteiger partial charge < -0.3 is 0 Å². The smallest absolute Gasteiger partial charge is 0.162 e. The summed E-state index contributed by atoms with van der Waals surface area (Å²) in [4.78, 5) is 15.5. The van der Waals surface area contributed by atoms with Crippen LogP contribution in [0.4, 0.5) is 0 Å². The highest BCUT2D eigenvalue weighted by atomic mass is 32.2. The molecule has 21 heavy (non-hydrogen) atoms. The highest BCUT2D eigenvalue weighted by molar-refractivity contribution is 7.97. The maximum Gasteiger partial charge on any atom is 0.162 e. The van der Waals surface area contributed by atoms with Gasteiger partial charge in [0.1, 0.15) is 11.5 Å². The number of hydrogen-bond acceptors (Lipinski definition) is 3. The first-order chi connectivity index (χ1) is 10.2. The summed E-state index contributed by atoms with van der Waals surface area (Å²) in [5.74, 6) is 2.85. The van der Waals surface area contributed by atoms with Gasteiger partial charge in [-0.1, -0.05) is 0 Å². The summed E-state index contributed by atoms with van der Waals surface area (Å²) < 4.78 is 0. The second-order valence-electron chi connectivity index (χ2n) is 5.56. The first kappa shape index (κ1) is 16.1. The maximum atomic E-state index is 12.1. The van der Waals surface area contributed by atoms with Gasteiger partial charge in [-0.2, -0.15) is 5.26 Å². The third-order valence-electron chi connectivity index (χ3n) is 3.83. The van der Waals surface area contributed by atoms with Gasteiger partial charge >= 0.3 is 0 Å². The minimum atomic E-state index is 0.210. The third-order valence-corrected chi connectivity index (χ3v) is 6.33. The van der Waals surface area contributed by atoms with Gasteiger partial charge in [-0.15, -0.1) is 0 Å². The summed E-state index contributed by atoms with van der Waals surface area (Å²) in [5, 5.41) is 8.58. The molecule has 1 aromatic carbocycles. The first-order valence-corrected chi connectivity index (χ1v) is 9.13. The Hall–Kier alpha value is -1.31. The number of benzene rings is 1. The van der Waals surface area contributed by atoms with E-state index in [0.29, 0.717) is 23.9 Å². The molecule has 0 atom stereocenters. The van der Waals surface area contributed by atoms with Gasteiger partial charge in [-0.05, 0) is 57.1 Å². The fourth-order valence-corrected chi connectivity index (χ4v) is 4.88. The molecule has 1 heterocycles. The van der Waals surface area contributed by atoms with Crippen LogP contribution in [-0.2, 0) is 10.9 Å². The van der Waals surface area contributed by atoms with Gasteiger partial charge in [0.05, 0.1) is 12.6 Å². The van der Waals surface area contributed by atoms with Crippen molar-refractivity contribution < 1.29 is 4.79 Å². The average Bonchev–Trinajstić information content (AvgIpc) is 3.02. The Morgan fingerprint density at radius 3 is 2.57 bits per heavy atom. The molecule has 0 saturated carbocycles. The summed E-state index contributed by atoms with van der Waals surface area (Å²) in [5.41, 5.74) is 0.824. The van der Waals surface area contributed by atoms with Gasteiger partial charge in [-0.3, -0.25) is 9.69 Å². The van der Waals surface area contributed by atoms with Crippen LogP contribution in [0.1, 0.15) is 36.0 Å². The molecule has 1 fully saturated rings. The first-order valence-electron chi connectivity index (χ1n) is 7.57. The highest BCUT2D eigenvalue weighted by Gasteiger charge is 2.26. The Morgan fingerprint density at radius 2 is 1.95 bits per heavy atom. The Kier molecular flexibility index (Phi) is 6.28. The molecule has 0 bridgehead atoms. The molecule has 1 saturated heterocycles. The summed E-state index contributed by atoms with van der Waals surface area (Å²) >= 11 is 0. The van der Waals surface area contributed by atoms with Crippen molar-refractivity contribution in [1.82, 2.24) is 4.90 Å². The van der Waals surface area contributed by atoms with Crippen molar-refractivity contribution in [2.75, 3.05) is 31.6 Å². The van der Waals surface area contributed by atoms with Crippen molar-refractivity contribution in [3.05, 3.63) is 29.8 Å². The average molecular weight is 303 g/mol. The quantitative estimate of drug-likeness (QED) is 0.442. The number of carbonyl (C=O) groups is 1. The van der Waals surface area contributed by atoms with E-state index >= 15 is 0 Å². The Morgan fingerprint density at radius 1 is 1.29 bits per heavy atom. The van der Waals surface area contributed by atoms with E-state index in [1.165, 1.54) is 29.2 Å². The summed E-state index contributed by atoms with van der Waals surface area (Å²) in [6, 6.07) is 10.4. The highest BCUT2D eigenvalue weighted by Crippen LogP contribution is 2.23. The molecule has 3 nitrogen and oxygen atoms in total. The fraction of sp³-hybridized carbons (Fsp3) is 0.529. The molecule has 0 amide bonds. The summed E-state index contributed by atoms with van der Waals surface area (Å²) in [6.45, 7) is 1.21. The fourth-order valence-electron chi connectivity index (χ4n) is 2.58. The molecule has 0 aliphatic carbocycles. The van der Waals surface area contributed by atoms with Gasteiger partial charge in [0, 0.05) is 22.9 Å². The topological polar surface area (TPSA) is 44.1 Å². The zero-order valence-corrected chi connectivity index (χ0v) is 13.5. The van der Waals surface area contributed by atoms with Crippen LogP contribution in [0.2, 0.25) is 0 Å². The van der Waals surface area contributed by atoms with Gasteiger partial charge in [0.15, 0.2) is 10.7 Å². The predicted octanol–water partition coefficient (Wildman–Crippen LogP) is 2.88. The summed E-state index contributed by atoms with van der Waals surface area (Å²) in [7, 11) is 2.33. The maximum absolute atomic E-state index is 12.1. The van der Waals surface area contributed by atoms with Crippen LogP contribution in [0.5, 0.6) is 0 Å². The number of ketones is 1. The Labute approximate surface area is 130 Å². The van der Waals surface area contributed by atoms with E-state index in [9.17, 15) is 4.79 Å². The number of carbonyl (C=O) groups excluding carboxylic acids is 1. The molecule has 0 N–H and O–H groups in total.